The van der Waals surface area contributed by atoms with Gasteiger partial charge in [-0.05, 0) is 73.3 Å². The van der Waals surface area contributed by atoms with Crippen molar-refractivity contribution >= 4 is 23.7 Å². The Labute approximate surface area is 227 Å². The number of amides is 3. The topological polar surface area (TPSA) is 144 Å². The number of hydrogen-bond donors (Lipinski definition) is 3. The Bertz CT molecular complexity index is 1290. The molecule has 1 heterocycles. The van der Waals surface area contributed by atoms with E-state index in [4.69, 9.17) is 15.2 Å². The molecule has 2 atom stereocenters. The highest BCUT2D eigenvalue weighted by Gasteiger charge is 2.49. The molecule has 2 aromatic carbocycles. The molecule has 0 radical (unpaired) electrons. The molecule has 2 aliphatic carbocycles. The largest absolute Gasteiger partial charge is 0.497 e. The lowest BCUT2D eigenvalue weighted by Crippen LogP contribution is -2.62. The minimum Gasteiger partial charge on any atom is -0.497 e. The van der Waals surface area contributed by atoms with Crippen LogP contribution in [0.5, 0.6) is 5.75 Å². The molecule has 10 nitrogen and oxygen atoms in total. The number of hydrogen-bond acceptors (Lipinski definition) is 6. The van der Waals surface area contributed by atoms with Crippen LogP contribution >= 0.6 is 0 Å². The molecule has 39 heavy (non-hydrogen) atoms. The molecular weight excluding hydrogens is 500 g/mol. The van der Waals surface area contributed by atoms with Crippen molar-refractivity contribution in [3.63, 3.8) is 0 Å². The summed E-state index contributed by atoms with van der Waals surface area (Å²) in [5, 5.41) is 14.4. The molecule has 2 fully saturated rings. The molecule has 3 amide bonds. The molecule has 3 aliphatic rings. The monoisotopic (exact) mass is 534 g/mol. The maximum Gasteiger partial charge on any atom is 0.435 e. The zero-order chi connectivity index (χ0) is 27.6. The van der Waals surface area contributed by atoms with Crippen LogP contribution in [0.4, 0.5) is 4.79 Å². The van der Waals surface area contributed by atoms with Crippen molar-refractivity contribution < 1.29 is 29.0 Å². The van der Waals surface area contributed by atoms with Gasteiger partial charge in [-0.3, -0.25) is 9.59 Å². The molecule has 1 aliphatic heterocycles. The summed E-state index contributed by atoms with van der Waals surface area (Å²) >= 11 is 0. The molecule has 0 aromatic heterocycles. The van der Waals surface area contributed by atoms with Gasteiger partial charge < -0.3 is 30.5 Å². The number of fused-ring (bicyclic) bond motifs is 1. The Morgan fingerprint density at radius 2 is 1.92 bits per heavy atom. The molecule has 5 rings (SSSR count). The van der Waals surface area contributed by atoms with Gasteiger partial charge in [0.1, 0.15) is 17.6 Å². The fourth-order valence-electron chi connectivity index (χ4n) is 5.09. The Kier molecular flexibility index (Phi) is 7.56. The summed E-state index contributed by atoms with van der Waals surface area (Å²) in [5.74, 6) is 0.367. The molecule has 1 saturated carbocycles. The predicted octanol–water partition coefficient (Wildman–Crippen LogP) is 2.39. The fraction of sp³-hybridized carbons (Fsp3) is 0.448. The number of aryl methyl sites for hydroxylation is 1. The minimum atomic E-state index is -1.68. The van der Waals surface area contributed by atoms with Crippen molar-refractivity contribution in [1.29, 1.82) is 0 Å². The normalized spacial score (nSPS) is 22.4. The predicted molar refractivity (Wildman–Crippen MR) is 143 cm³/mol. The first-order valence-corrected chi connectivity index (χ1v) is 13.4. The van der Waals surface area contributed by atoms with E-state index in [0.717, 1.165) is 30.4 Å². The number of carbonyl (C=O) groups is 3. The van der Waals surface area contributed by atoms with E-state index in [2.05, 4.69) is 10.3 Å². The summed E-state index contributed by atoms with van der Waals surface area (Å²) in [7, 11) is 1.55. The van der Waals surface area contributed by atoms with Crippen molar-refractivity contribution in [1.82, 2.24) is 10.2 Å². The van der Waals surface area contributed by atoms with Crippen LogP contribution in [0.15, 0.2) is 47.5 Å². The Morgan fingerprint density at radius 3 is 2.59 bits per heavy atom. The molecule has 0 bridgehead atoms. The standard InChI is InChI=1S/C29H34N4O6/c1-38-22-11-10-20-3-2-13-29(37,23(20)15-22)27(35)33-14-12-24(33)26(34)31-16-18-6-8-21(9-7-18)25(30)32-28(36)39-17-19-4-5-19/h6-11,15,19,24,37H,2-5,12-14,16-17H2,1H3,(H,31,34)(H2,30,32,36). The van der Waals surface area contributed by atoms with Crippen LogP contribution in [0.25, 0.3) is 0 Å². The van der Waals surface area contributed by atoms with Gasteiger partial charge in [0.15, 0.2) is 5.60 Å². The van der Waals surface area contributed by atoms with Crippen molar-refractivity contribution in [2.24, 2.45) is 16.6 Å². The summed E-state index contributed by atoms with van der Waals surface area (Å²) in [4.78, 5) is 43.5. The SMILES string of the molecule is COc1ccc2c(c1)C(O)(C(=O)N1CCC1C(=O)NCc1ccc(/C(N)=N/C(=O)OCC3CC3)cc1)CCC2. The van der Waals surface area contributed by atoms with Gasteiger partial charge in [-0.25, -0.2) is 4.79 Å². The van der Waals surface area contributed by atoms with Crippen molar-refractivity contribution in [3.05, 3.63) is 64.7 Å². The lowest BCUT2D eigenvalue weighted by molar-refractivity contribution is -0.166. The fourth-order valence-corrected chi connectivity index (χ4v) is 5.09. The van der Waals surface area contributed by atoms with Crippen molar-refractivity contribution in [2.45, 2.75) is 56.7 Å². The number of aliphatic imine (C=N–C) groups is 1. The molecule has 0 spiro atoms. The number of carbonyl (C=O) groups excluding carboxylic acids is 3. The van der Waals surface area contributed by atoms with Gasteiger partial charge in [0, 0.05) is 18.7 Å². The maximum absolute atomic E-state index is 13.5. The third-order valence-corrected chi connectivity index (χ3v) is 7.75. The number of nitrogens with two attached hydrogens (primary N) is 1. The molecule has 206 valence electrons. The van der Waals surface area contributed by atoms with E-state index in [0.29, 0.717) is 55.2 Å². The zero-order valence-corrected chi connectivity index (χ0v) is 22.0. The van der Waals surface area contributed by atoms with E-state index in [1.807, 2.05) is 12.1 Å². The Balaban J connectivity index is 1.17. The molecule has 2 unspecified atom stereocenters. The van der Waals surface area contributed by atoms with Gasteiger partial charge in [0.25, 0.3) is 5.91 Å². The second-order valence-corrected chi connectivity index (χ2v) is 10.5. The quantitative estimate of drug-likeness (QED) is 0.348. The van der Waals surface area contributed by atoms with Crippen LogP contribution in [0.3, 0.4) is 0 Å². The number of nitrogens with zero attached hydrogens (tertiary/aromatic N) is 2. The van der Waals surface area contributed by atoms with E-state index in [1.54, 1.807) is 37.4 Å². The molecule has 4 N–H and O–H groups in total. The van der Waals surface area contributed by atoms with Crippen molar-refractivity contribution in [2.75, 3.05) is 20.3 Å². The van der Waals surface area contributed by atoms with Gasteiger partial charge in [-0.1, -0.05) is 30.3 Å². The summed E-state index contributed by atoms with van der Waals surface area (Å²) in [6, 6.07) is 11.8. The number of methoxy groups -OCH3 is 1. The van der Waals surface area contributed by atoms with Gasteiger partial charge >= 0.3 is 6.09 Å². The molecule has 1 saturated heterocycles. The van der Waals surface area contributed by atoms with Gasteiger partial charge in [-0.15, -0.1) is 0 Å². The first kappa shape index (κ1) is 26.7. The van der Waals surface area contributed by atoms with E-state index in [9.17, 15) is 19.5 Å². The molecule has 2 aromatic rings. The third kappa shape index (κ3) is 5.75. The first-order valence-electron chi connectivity index (χ1n) is 13.4. The second kappa shape index (κ2) is 11.1. The number of likely N-dealkylation sites (tertiary alicyclic amines) is 1. The van der Waals surface area contributed by atoms with E-state index < -0.39 is 23.6 Å². The molecular formula is C29H34N4O6. The number of aliphatic hydroxyl groups is 1. The highest BCUT2D eigenvalue weighted by Crippen LogP contribution is 2.40. The lowest BCUT2D eigenvalue weighted by Gasteiger charge is -2.45. The summed E-state index contributed by atoms with van der Waals surface area (Å²) in [6.07, 6.45) is 3.74. The van der Waals surface area contributed by atoms with Crippen LogP contribution in [0.2, 0.25) is 0 Å². The number of amidine groups is 1. The smallest absolute Gasteiger partial charge is 0.435 e. The van der Waals surface area contributed by atoms with Gasteiger partial charge in [0.2, 0.25) is 5.91 Å². The third-order valence-electron chi connectivity index (χ3n) is 7.75. The average Bonchev–Trinajstić information content (AvgIpc) is 3.75. The van der Waals surface area contributed by atoms with E-state index in [-0.39, 0.29) is 18.3 Å². The number of rotatable bonds is 8. The number of benzene rings is 2. The Hall–Kier alpha value is -3.92. The first-order chi connectivity index (χ1) is 18.8. The second-order valence-electron chi connectivity index (χ2n) is 10.5. The number of nitrogens with one attached hydrogen (secondary N) is 1. The van der Waals surface area contributed by atoms with Crippen molar-refractivity contribution in [3.8, 4) is 5.75 Å². The average molecular weight is 535 g/mol. The van der Waals surface area contributed by atoms with Crippen LogP contribution in [0.1, 0.15) is 54.4 Å². The van der Waals surface area contributed by atoms with Crippen LogP contribution in [-0.4, -0.2) is 60.1 Å². The summed E-state index contributed by atoms with van der Waals surface area (Å²) in [5.41, 5.74) is 7.12. The van der Waals surface area contributed by atoms with E-state index in [1.165, 1.54) is 4.90 Å². The van der Waals surface area contributed by atoms with Crippen LogP contribution in [0, 0.1) is 5.92 Å². The van der Waals surface area contributed by atoms with Gasteiger partial charge in [0.05, 0.1) is 13.7 Å². The lowest BCUT2D eigenvalue weighted by atomic mass is 9.77. The summed E-state index contributed by atoms with van der Waals surface area (Å²) < 4.78 is 10.4. The molecule has 10 heteroatoms. The minimum absolute atomic E-state index is 0.0647. The van der Waals surface area contributed by atoms with Crippen LogP contribution < -0.4 is 15.8 Å². The summed E-state index contributed by atoms with van der Waals surface area (Å²) in [6.45, 7) is 1.04. The highest BCUT2D eigenvalue weighted by atomic mass is 16.5. The van der Waals surface area contributed by atoms with Crippen LogP contribution in [-0.2, 0) is 32.9 Å². The Morgan fingerprint density at radius 1 is 1.15 bits per heavy atom. The number of ether oxygens (including phenoxy) is 2. The van der Waals surface area contributed by atoms with Gasteiger partial charge in [-0.2, -0.15) is 4.99 Å². The maximum atomic E-state index is 13.5. The zero-order valence-electron chi connectivity index (χ0n) is 22.0. The highest BCUT2D eigenvalue weighted by molar-refractivity contribution is 6.02. The van der Waals surface area contributed by atoms with E-state index >= 15 is 0 Å².